The van der Waals surface area contributed by atoms with Crippen molar-refractivity contribution in [2.75, 3.05) is 13.1 Å². The van der Waals surface area contributed by atoms with E-state index in [1.54, 1.807) is 0 Å². The SMILES string of the molecule is CC12CNCC1c1ccc(Cl)c(Cl)c1CO2.Cl. The summed E-state index contributed by atoms with van der Waals surface area (Å²) in [6.07, 6.45) is 0. The van der Waals surface area contributed by atoms with Crippen LogP contribution in [0.2, 0.25) is 10.0 Å². The van der Waals surface area contributed by atoms with Gasteiger partial charge in [0, 0.05) is 24.6 Å². The molecule has 0 bridgehead atoms. The number of hydrogen-bond donors (Lipinski definition) is 1. The highest BCUT2D eigenvalue weighted by molar-refractivity contribution is 6.42. The van der Waals surface area contributed by atoms with Crippen molar-refractivity contribution in [1.82, 2.24) is 5.32 Å². The molecule has 1 saturated heterocycles. The van der Waals surface area contributed by atoms with Gasteiger partial charge in [-0.25, -0.2) is 0 Å². The molecule has 2 aliphatic rings. The van der Waals surface area contributed by atoms with E-state index in [9.17, 15) is 0 Å². The third-order valence-electron chi connectivity index (χ3n) is 3.72. The molecule has 0 aromatic heterocycles. The van der Waals surface area contributed by atoms with Gasteiger partial charge in [0.05, 0.1) is 22.3 Å². The van der Waals surface area contributed by atoms with Gasteiger partial charge in [0.25, 0.3) is 0 Å². The Morgan fingerprint density at radius 2 is 2.18 bits per heavy atom. The Morgan fingerprint density at radius 1 is 1.41 bits per heavy atom. The smallest absolute Gasteiger partial charge is 0.0863 e. The molecule has 17 heavy (non-hydrogen) atoms. The zero-order chi connectivity index (χ0) is 11.3. The standard InChI is InChI=1S/C12H13Cl2NO.ClH/c1-12-6-15-4-9(12)7-2-3-10(13)11(14)8(7)5-16-12;/h2-3,9,15H,4-6H2,1H3;1H. The fourth-order valence-electron chi connectivity index (χ4n) is 2.71. The van der Waals surface area contributed by atoms with Gasteiger partial charge in [-0.3, -0.25) is 0 Å². The van der Waals surface area contributed by atoms with Gasteiger partial charge in [-0.05, 0) is 18.6 Å². The van der Waals surface area contributed by atoms with E-state index in [0.29, 0.717) is 22.6 Å². The van der Waals surface area contributed by atoms with E-state index >= 15 is 0 Å². The second-order valence-electron chi connectivity index (χ2n) is 4.71. The summed E-state index contributed by atoms with van der Waals surface area (Å²) in [5, 5.41) is 4.63. The molecule has 2 heterocycles. The molecule has 2 atom stereocenters. The van der Waals surface area contributed by atoms with Gasteiger partial charge in [-0.2, -0.15) is 0 Å². The Bertz CT molecular complexity index is 452. The molecule has 2 unspecified atom stereocenters. The molecule has 1 aromatic rings. The van der Waals surface area contributed by atoms with Gasteiger partial charge in [0.15, 0.2) is 0 Å². The predicted octanol–water partition coefficient (Wildman–Crippen LogP) is 3.39. The summed E-state index contributed by atoms with van der Waals surface area (Å²) in [5.74, 6) is 0.381. The van der Waals surface area contributed by atoms with E-state index in [-0.39, 0.29) is 18.0 Å². The number of benzene rings is 1. The van der Waals surface area contributed by atoms with Crippen molar-refractivity contribution in [2.24, 2.45) is 0 Å². The fourth-order valence-corrected chi connectivity index (χ4v) is 3.12. The lowest BCUT2D eigenvalue weighted by Crippen LogP contribution is -2.39. The highest BCUT2D eigenvalue weighted by Crippen LogP contribution is 2.44. The minimum Gasteiger partial charge on any atom is -0.369 e. The molecule has 2 nitrogen and oxygen atoms in total. The van der Waals surface area contributed by atoms with E-state index in [1.165, 1.54) is 5.56 Å². The van der Waals surface area contributed by atoms with Gasteiger partial charge in [0.2, 0.25) is 0 Å². The van der Waals surface area contributed by atoms with Crippen molar-refractivity contribution in [3.05, 3.63) is 33.3 Å². The van der Waals surface area contributed by atoms with Crippen molar-refractivity contribution in [3.8, 4) is 0 Å². The van der Waals surface area contributed by atoms with E-state index in [0.717, 1.165) is 18.7 Å². The molecule has 2 aliphatic heterocycles. The average molecular weight is 295 g/mol. The first-order valence-corrected chi connectivity index (χ1v) is 6.19. The van der Waals surface area contributed by atoms with Crippen LogP contribution in [0.4, 0.5) is 0 Å². The van der Waals surface area contributed by atoms with Crippen LogP contribution in [0.5, 0.6) is 0 Å². The molecule has 0 radical (unpaired) electrons. The molecule has 94 valence electrons. The molecule has 0 spiro atoms. The van der Waals surface area contributed by atoms with E-state index in [2.05, 4.69) is 18.3 Å². The van der Waals surface area contributed by atoms with E-state index in [4.69, 9.17) is 27.9 Å². The summed E-state index contributed by atoms with van der Waals surface area (Å²) in [5.41, 5.74) is 2.25. The molecular weight excluding hydrogens is 280 g/mol. The minimum absolute atomic E-state index is 0. The molecule has 3 rings (SSSR count). The first-order chi connectivity index (χ1) is 7.62. The Labute approximate surface area is 117 Å². The topological polar surface area (TPSA) is 21.3 Å². The molecule has 1 fully saturated rings. The highest BCUT2D eigenvalue weighted by atomic mass is 35.5. The highest BCUT2D eigenvalue weighted by Gasteiger charge is 2.44. The number of fused-ring (bicyclic) bond motifs is 3. The first kappa shape index (κ1) is 13.4. The third-order valence-corrected chi connectivity index (χ3v) is 4.56. The summed E-state index contributed by atoms with van der Waals surface area (Å²) in [6.45, 7) is 4.56. The van der Waals surface area contributed by atoms with Crippen LogP contribution < -0.4 is 5.32 Å². The van der Waals surface area contributed by atoms with Crippen LogP contribution in [0.1, 0.15) is 24.0 Å². The predicted molar refractivity (Wildman–Crippen MR) is 72.5 cm³/mol. The maximum atomic E-state index is 6.21. The molecule has 1 N–H and O–H groups in total. The number of nitrogens with one attached hydrogen (secondary N) is 1. The maximum Gasteiger partial charge on any atom is 0.0863 e. The molecule has 5 heteroatoms. The van der Waals surface area contributed by atoms with Crippen LogP contribution in [0, 0.1) is 0 Å². The van der Waals surface area contributed by atoms with Crippen LogP contribution >= 0.6 is 35.6 Å². The van der Waals surface area contributed by atoms with Crippen LogP contribution in [0.15, 0.2) is 12.1 Å². The monoisotopic (exact) mass is 293 g/mol. The molecule has 1 aromatic carbocycles. The Kier molecular flexibility index (Phi) is 3.64. The van der Waals surface area contributed by atoms with E-state index < -0.39 is 0 Å². The lowest BCUT2D eigenvalue weighted by Gasteiger charge is -2.37. The van der Waals surface area contributed by atoms with Gasteiger partial charge in [0.1, 0.15) is 0 Å². The number of halogens is 3. The van der Waals surface area contributed by atoms with Crippen LogP contribution in [0.25, 0.3) is 0 Å². The lowest BCUT2D eigenvalue weighted by atomic mass is 9.81. The quantitative estimate of drug-likeness (QED) is 0.792. The number of rotatable bonds is 0. The summed E-state index contributed by atoms with van der Waals surface area (Å²) in [4.78, 5) is 0. The first-order valence-electron chi connectivity index (χ1n) is 5.43. The molecule has 0 aliphatic carbocycles. The van der Waals surface area contributed by atoms with Crippen molar-refractivity contribution >= 4 is 35.6 Å². The number of hydrogen-bond acceptors (Lipinski definition) is 2. The summed E-state index contributed by atoms with van der Waals surface area (Å²) >= 11 is 12.2. The second-order valence-corrected chi connectivity index (χ2v) is 5.50. The summed E-state index contributed by atoms with van der Waals surface area (Å²) in [6, 6.07) is 3.97. The van der Waals surface area contributed by atoms with Gasteiger partial charge in [-0.15, -0.1) is 12.4 Å². The van der Waals surface area contributed by atoms with Crippen molar-refractivity contribution in [1.29, 1.82) is 0 Å². The van der Waals surface area contributed by atoms with Crippen molar-refractivity contribution in [3.63, 3.8) is 0 Å². The van der Waals surface area contributed by atoms with Crippen LogP contribution in [-0.4, -0.2) is 18.7 Å². The van der Waals surface area contributed by atoms with Crippen LogP contribution in [-0.2, 0) is 11.3 Å². The largest absolute Gasteiger partial charge is 0.369 e. The average Bonchev–Trinajstić information content (AvgIpc) is 2.65. The number of ether oxygens (including phenoxy) is 1. The van der Waals surface area contributed by atoms with Crippen LogP contribution in [0.3, 0.4) is 0 Å². The van der Waals surface area contributed by atoms with Gasteiger partial charge >= 0.3 is 0 Å². The van der Waals surface area contributed by atoms with E-state index in [1.807, 2.05) is 6.07 Å². The fraction of sp³-hybridized carbons (Fsp3) is 0.500. The Balaban J connectivity index is 0.00000108. The summed E-state index contributed by atoms with van der Waals surface area (Å²) < 4.78 is 5.95. The minimum atomic E-state index is -0.0931. The summed E-state index contributed by atoms with van der Waals surface area (Å²) in [7, 11) is 0. The molecular formula is C12H14Cl3NO. The lowest BCUT2D eigenvalue weighted by molar-refractivity contribution is -0.0517. The van der Waals surface area contributed by atoms with Crippen molar-refractivity contribution in [2.45, 2.75) is 25.0 Å². The Hall–Kier alpha value is 0.01000. The second kappa shape index (κ2) is 4.60. The third kappa shape index (κ3) is 1.96. The van der Waals surface area contributed by atoms with Gasteiger partial charge in [-0.1, -0.05) is 29.3 Å². The normalized spacial score (nSPS) is 30.4. The maximum absolute atomic E-state index is 6.21. The molecule has 0 saturated carbocycles. The zero-order valence-electron chi connectivity index (χ0n) is 9.43. The van der Waals surface area contributed by atoms with Crippen molar-refractivity contribution < 1.29 is 4.74 Å². The molecule has 0 amide bonds. The Morgan fingerprint density at radius 3 is 2.94 bits per heavy atom. The van der Waals surface area contributed by atoms with Gasteiger partial charge < -0.3 is 10.1 Å². The zero-order valence-corrected chi connectivity index (χ0v) is 11.8.